The van der Waals surface area contributed by atoms with E-state index in [0.717, 1.165) is 43.4 Å². The summed E-state index contributed by atoms with van der Waals surface area (Å²) in [5.74, 6) is -0.00152. The van der Waals surface area contributed by atoms with Gasteiger partial charge >= 0.3 is 0 Å². The normalized spacial score (nSPS) is 18.3. The van der Waals surface area contributed by atoms with Gasteiger partial charge in [0.1, 0.15) is 0 Å². The van der Waals surface area contributed by atoms with E-state index in [2.05, 4.69) is 29.3 Å². The minimum atomic E-state index is -0.176. The zero-order chi connectivity index (χ0) is 17.6. The third-order valence-electron chi connectivity index (χ3n) is 4.73. The highest BCUT2D eigenvalue weighted by molar-refractivity contribution is 5.95. The van der Waals surface area contributed by atoms with Crippen molar-refractivity contribution in [3.8, 4) is 0 Å². The Balaban J connectivity index is 1.86. The lowest BCUT2D eigenvalue weighted by molar-refractivity contribution is 0.0717. The van der Waals surface area contributed by atoms with Crippen molar-refractivity contribution in [2.45, 2.75) is 38.6 Å². The summed E-state index contributed by atoms with van der Waals surface area (Å²) in [6.07, 6.45) is 10.0. The molecule has 1 amide bonds. The van der Waals surface area contributed by atoms with E-state index in [4.69, 9.17) is 0 Å². The Hall–Kier alpha value is -2.62. The standard InChI is InChI=1S/C21H24N2O2/c1-16-14-20(24)22-15-19(16)21(25)23-13-7-3-6-10-18(23)12-11-17-8-4-2-5-9-17/h2,4-5,8-9,11-12,14-15,18H,3,6-7,10,13H2,1H3,(H,22,24)/b12-11+. The summed E-state index contributed by atoms with van der Waals surface area (Å²) in [7, 11) is 0. The molecule has 0 spiro atoms. The van der Waals surface area contributed by atoms with Crippen LogP contribution in [0.2, 0.25) is 0 Å². The molecule has 2 heterocycles. The van der Waals surface area contributed by atoms with Crippen molar-refractivity contribution in [2.24, 2.45) is 0 Å². The molecule has 130 valence electrons. The van der Waals surface area contributed by atoms with Crippen LogP contribution in [0.1, 0.15) is 47.2 Å². The molecule has 1 saturated heterocycles. The van der Waals surface area contributed by atoms with Crippen LogP contribution in [0.15, 0.2) is 53.5 Å². The number of carbonyl (C=O) groups excluding carboxylic acids is 1. The van der Waals surface area contributed by atoms with Crippen molar-refractivity contribution in [2.75, 3.05) is 6.54 Å². The number of benzene rings is 1. The van der Waals surface area contributed by atoms with Crippen molar-refractivity contribution < 1.29 is 4.79 Å². The second kappa shape index (κ2) is 7.97. The molecule has 2 aromatic rings. The zero-order valence-corrected chi connectivity index (χ0v) is 14.6. The first-order valence-electron chi connectivity index (χ1n) is 8.89. The van der Waals surface area contributed by atoms with Gasteiger partial charge in [0.2, 0.25) is 5.56 Å². The van der Waals surface area contributed by atoms with Gasteiger partial charge in [-0.1, -0.05) is 55.3 Å². The molecule has 0 bridgehead atoms. The Morgan fingerprint density at radius 3 is 2.76 bits per heavy atom. The van der Waals surface area contributed by atoms with E-state index in [1.165, 1.54) is 6.07 Å². The Kier molecular flexibility index (Phi) is 5.49. The van der Waals surface area contributed by atoms with Crippen molar-refractivity contribution in [3.63, 3.8) is 0 Å². The Labute approximate surface area is 148 Å². The molecule has 1 N–H and O–H groups in total. The maximum Gasteiger partial charge on any atom is 0.256 e. The van der Waals surface area contributed by atoms with Crippen LogP contribution in [0.3, 0.4) is 0 Å². The van der Waals surface area contributed by atoms with Gasteiger partial charge in [-0.3, -0.25) is 9.59 Å². The minimum absolute atomic E-state index is 0.00152. The van der Waals surface area contributed by atoms with Gasteiger partial charge in [-0.15, -0.1) is 0 Å². The summed E-state index contributed by atoms with van der Waals surface area (Å²) >= 11 is 0. The number of H-pyrrole nitrogens is 1. The Morgan fingerprint density at radius 2 is 2.00 bits per heavy atom. The molecule has 0 saturated carbocycles. The summed E-state index contributed by atoms with van der Waals surface area (Å²) in [6.45, 7) is 2.57. The number of carbonyl (C=O) groups is 1. The van der Waals surface area contributed by atoms with Crippen LogP contribution >= 0.6 is 0 Å². The highest BCUT2D eigenvalue weighted by Crippen LogP contribution is 2.21. The molecule has 1 aliphatic heterocycles. The van der Waals surface area contributed by atoms with Crippen LogP contribution < -0.4 is 5.56 Å². The van der Waals surface area contributed by atoms with E-state index in [-0.39, 0.29) is 17.5 Å². The van der Waals surface area contributed by atoms with Crippen molar-refractivity contribution in [3.05, 3.63) is 75.7 Å². The van der Waals surface area contributed by atoms with E-state index < -0.39 is 0 Å². The fourth-order valence-electron chi connectivity index (χ4n) is 3.33. The van der Waals surface area contributed by atoms with Gasteiger partial charge in [0.05, 0.1) is 11.6 Å². The molecule has 1 fully saturated rings. The number of pyridine rings is 1. The fraction of sp³-hybridized carbons (Fsp3) is 0.333. The molecular weight excluding hydrogens is 312 g/mol. The van der Waals surface area contributed by atoms with Gasteiger partial charge in [-0.2, -0.15) is 0 Å². The first-order valence-corrected chi connectivity index (χ1v) is 8.89. The van der Waals surface area contributed by atoms with Gasteiger partial charge in [0, 0.05) is 18.8 Å². The summed E-state index contributed by atoms with van der Waals surface area (Å²) in [5.41, 5.74) is 2.27. The quantitative estimate of drug-likeness (QED) is 0.927. The van der Waals surface area contributed by atoms with E-state index in [1.54, 1.807) is 6.20 Å². The lowest BCUT2D eigenvalue weighted by Gasteiger charge is -2.28. The third-order valence-corrected chi connectivity index (χ3v) is 4.73. The summed E-state index contributed by atoms with van der Waals surface area (Å²) in [6, 6.07) is 11.7. The predicted molar refractivity (Wildman–Crippen MR) is 101 cm³/mol. The van der Waals surface area contributed by atoms with Gasteiger partial charge in [-0.25, -0.2) is 0 Å². The smallest absolute Gasteiger partial charge is 0.256 e. The van der Waals surface area contributed by atoms with Crippen molar-refractivity contribution >= 4 is 12.0 Å². The van der Waals surface area contributed by atoms with Crippen LogP contribution in [0, 0.1) is 6.92 Å². The number of aromatic nitrogens is 1. The Morgan fingerprint density at radius 1 is 1.20 bits per heavy atom. The predicted octanol–water partition coefficient (Wildman–Crippen LogP) is 3.78. The molecular formula is C21H24N2O2. The monoisotopic (exact) mass is 336 g/mol. The molecule has 1 aliphatic rings. The third kappa shape index (κ3) is 4.27. The highest BCUT2D eigenvalue weighted by Gasteiger charge is 2.25. The van der Waals surface area contributed by atoms with Gasteiger partial charge in [0.15, 0.2) is 0 Å². The number of hydrogen-bond donors (Lipinski definition) is 1. The van der Waals surface area contributed by atoms with Crippen molar-refractivity contribution in [1.29, 1.82) is 0 Å². The van der Waals surface area contributed by atoms with Crippen LogP contribution in [-0.2, 0) is 0 Å². The number of aryl methyl sites for hydroxylation is 1. The van der Waals surface area contributed by atoms with Gasteiger partial charge in [-0.05, 0) is 30.9 Å². The number of nitrogens with one attached hydrogen (secondary N) is 1. The SMILES string of the molecule is Cc1cc(=O)[nH]cc1C(=O)N1CCCCCC1/C=C/c1ccccc1. The van der Waals surface area contributed by atoms with Crippen LogP contribution in [-0.4, -0.2) is 28.4 Å². The molecule has 1 aromatic heterocycles. The van der Waals surface area contributed by atoms with Crippen LogP contribution in [0.4, 0.5) is 0 Å². The van der Waals surface area contributed by atoms with E-state index in [9.17, 15) is 9.59 Å². The van der Waals surface area contributed by atoms with E-state index in [1.807, 2.05) is 30.0 Å². The number of rotatable bonds is 3. The minimum Gasteiger partial charge on any atom is -0.332 e. The number of nitrogens with zero attached hydrogens (tertiary/aromatic N) is 1. The van der Waals surface area contributed by atoms with E-state index >= 15 is 0 Å². The lowest BCUT2D eigenvalue weighted by atomic mass is 10.1. The first kappa shape index (κ1) is 17.2. The molecule has 1 aromatic carbocycles. The number of amides is 1. The highest BCUT2D eigenvalue weighted by atomic mass is 16.2. The lowest BCUT2D eigenvalue weighted by Crippen LogP contribution is -2.39. The second-order valence-electron chi connectivity index (χ2n) is 6.58. The molecule has 4 nitrogen and oxygen atoms in total. The number of likely N-dealkylation sites (tertiary alicyclic amines) is 1. The molecule has 1 atom stereocenters. The molecule has 25 heavy (non-hydrogen) atoms. The maximum atomic E-state index is 13.1. The average Bonchev–Trinajstić information content (AvgIpc) is 2.86. The second-order valence-corrected chi connectivity index (χ2v) is 6.58. The molecule has 3 rings (SSSR count). The molecule has 0 aliphatic carbocycles. The first-order chi connectivity index (χ1) is 12.1. The zero-order valence-electron chi connectivity index (χ0n) is 14.6. The van der Waals surface area contributed by atoms with Crippen LogP contribution in [0.25, 0.3) is 6.08 Å². The Bertz CT molecular complexity index is 808. The molecule has 4 heteroatoms. The van der Waals surface area contributed by atoms with Crippen molar-refractivity contribution in [1.82, 2.24) is 9.88 Å². The maximum absolute atomic E-state index is 13.1. The summed E-state index contributed by atoms with van der Waals surface area (Å²) in [5, 5.41) is 0. The summed E-state index contributed by atoms with van der Waals surface area (Å²) in [4.78, 5) is 29.1. The van der Waals surface area contributed by atoms with Crippen LogP contribution in [0.5, 0.6) is 0 Å². The largest absolute Gasteiger partial charge is 0.332 e. The van der Waals surface area contributed by atoms with Gasteiger partial charge < -0.3 is 9.88 Å². The summed E-state index contributed by atoms with van der Waals surface area (Å²) < 4.78 is 0. The van der Waals surface area contributed by atoms with E-state index in [0.29, 0.717) is 5.56 Å². The topological polar surface area (TPSA) is 53.2 Å². The van der Waals surface area contributed by atoms with Gasteiger partial charge in [0.25, 0.3) is 5.91 Å². The number of aromatic amines is 1. The molecule has 0 radical (unpaired) electrons. The number of hydrogen-bond acceptors (Lipinski definition) is 2. The average molecular weight is 336 g/mol. The molecule has 1 unspecified atom stereocenters. The fourth-order valence-corrected chi connectivity index (χ4v) is 3.33.